The van der Waals surface area contributed by atoms with E-state index in [-0.39, 0.29) is 24.7 Å². The molecule has 2 aliphatic heterocycles. The molecule has 0 aliphatic carbocycles. The SMILES string of the molecule is CC1CN(CC(=O)N2CCC2)CC(CO)O1. The number of nitrogens with zero attached hydrogens (tertiary/aromatic N) is 2. The van der Waals surface area contributed by atoms with Crippen molar-refractivity contribution in [1.82, 2.24) is 9.80 Å². The van der Waals surface area contributed by atoms with Crippen molar-refractivity contribution in [1.29, 1.82) is 0 Å². The molecular weight excluding hydrogens is 208 g/mol. The molecule has 0 spiro atoms. The van der Waals surface area contributed by atoms with E-state index in [1.807, 2.05) is 11.8 Å². The maximum Gasteiger partial charge on any atom is 0.236 e. The molecule has 1 N–H and O–H groups in total. The minimum absolute atomic E-state index is 0.0265. The van der Waals surface area contributed by atoms with Crippen molar-refractivity contribution >= 4 is 5.91 Å². The first-order valence-electron chi connectivity index (χ1n) is 5.95. The zero-order valence-electron chi connectivity index (χ0n) is 9.76. The maximum atomic E-state index is 11.8. The predicted octanol–water partition coefficient (Wildman–Crippen LogP) is -0.700. The van der Waals surface area contributed by atoms with Crippen molar-refractivity contribution in [2.45, 2.75) is 25.6 Å². The first-order chi connectivity index (χ1) is 7.69. The summed E-state index contributed by atoms with van der Waals surface area (Å²) in [6, 6.07) is 0. The van der Waals surface area contributed by atoms with Crippen molar-refractivity contribution in [2.24, 2.45) is 0 Å². The second-order valence-electron chi connectivity index (χ2n) is 4.68. The lowest BCUT2D eigenvalue weighted by molar-refractivity contribution is -0.141. The van der Waals surface area contributed by atoms with Gasteiger partial charge in [-0.15, -0.1) is 0 Å². The molecule has 0 saturated carbocycles. The van der Waals surface area contributed by atoms with Crippen molar-refractivity contribution in [3.05, 3.63) is 0 Å². The number of amides is 1. The average Bonchev–Trinajstić information content (AvgIpc) is 2.13. The minimum Gasteiger partial charge on any atom is -0.394 e. The Morgan fingerprint density at radius 3 is 2.75 bits per heavy atom. The van der Waals surface area contributed by atoms with Crippen LogP contribution in [0.5, 0.6) is 0 Å². The lowest BCUT2D eigenvalue weighted by Gasteiger charge is -2.38. The number of aliphatic hydroxyl groups excluding tert-OH is 1. The van der Waals surface area contributed by atoms with Gasteiger partial charge in [0.15, 0.2) is 0 Å². The molecule has 2 unspecified atom stereocenters. The third-order valence-corrected chi connectivity index (χ3v) is 3.17. The van der Waals surface area contributed by atoms with Gasteiger partial charge >= 0.3 is 0 Å². The van der Waals surface area contributed by atoms with Crippen LogP contribution in [0, 0.1) is 0 Å². The van der Waals surface area contributed by atoms with E-state index in [0.29, 0.717) is 13.1 Å². The first-order valence-corrected chi connectivity index (χ1v) is 5.95. The summed E-state index contributed by atoms with van der Waals surface area (Å²) in [6.07, 6.45) is 1.08. The monoisotopic (exact) mass is 228 g/mol. The first kappa shape index (κ1) is 11.8. The number of morpholine rings is 1. The maximum absolute atomic E-state index is 11.8. The number of carbonyl (C=O) groups excluding carboxylic acids is 1. The zero-order valence-corrected chi connectivity index (χ0v) is 9.76. The summed E-state index contributed by atoms with van der Waals surface area (Å²) in [6.45, 7) is 5.70. The summed E-state index contributed by atoms with van der Waals surface area (Å²) in [5.41, 5.74) is 0. The largest absolute Gasteiger partial charge is 0.394 e. The number of hydrogen-bond acceptors (Lipinski definition) is 4. The second-order valence-corrected chi connectivity index (χ2v) is 4.68. The van der Waals surface area contributed by atoms with E-state index in [1.165, 1.54) is 0 Å². The summed E-state index contributed by atoms with van der Waals surface area (Å²) < 4.78 is 5.53. The molecule has 5 heteroatoms. The molecule has 2 fully saturated rings. The van der Waals surface area contributed by atoms with Gasteiger partial charge in [0.1, 0.15) is 0 Å². The van der Waals surface area contributed by atoms with Crippen LogP contribution in [0.25, 0.3) is 0 Å². The van der Waals surface area contributed by atoms with Crippen molar-refractivity contribution < 1.29 is 14.6 Å². The second kappa shape index (κ2) is 5.12. The molecule has 0 bridgehead atoms. The predicted molar refractivity (Wildman–Crippen MR) is 59.1 cm³/mol. The average molecular weight is 228 g/mol. The minimum atomic E-state index is -0.145. The summed E-state index contributed by atoms with van der Waals surface area (Å²) in [5, 5.41) is 9.08. The summed E-state index contributed by atoms with van der Waals surface area (Å²) in [5.74, 6) is 0.206. The fourth-order valence-electron chi connectivity index (χ4n) is 2.23. The van der Waals surface area contributed by atoms with Gasteiger partial charge in [0.2, 0.25) is 5.91 Å². The molecule has 2 aliphatic rings. The summed E-state index contributed by atoms with van der Waals surface area (Å²) >= 11 is 0. The van der Waals surface area contributed by atoms with Gasteiger partial charge < -0.3 is 14.7 Å². The van der Waals surface area contributed by atoms with Crippen LogP contribution in [-0.2, 0) is 9.53 Å². The number of carbonyl (C=O) groups is 1. The van der Waals surface area contributed by atoms with E-state index < -0.39 is 0 Å². The topological polar surface area (TPSA) is 53.0 Å². The highest BCUT2D eigenvalue weighted by Crippen LogP contribution is 2.12. The molecule has 0 aromatic rings. The molecule has 0 radical (unpaired) electrons. The fraction of sp³-hybridized carbons (Fsp3) is 0.909. The van der Waals surface area contributed by atoms with Crippen LogP contribution < -0.4 is 0 Å². The van der Waals surface area contributed by atoms with E-state index in [0.717, 1.165) is 26.1 Å². The standard InChI is InChI=1S/C11H20N2O3/c1-9-5-12(6-10(8-14)16-9)7-11(15)13-3-2-4-13/h9-10,14H,2-8H2,1H3. The number of ether oxygens (including phenoxy) is 1. The lowest BCUT2D eigenvalue weighted by atomic mass is 10.2. The van der Waals surface area contributed by atoms with Crippen LogP contribution in [0.15, 0.2) is 0 Å². The summed E-state index contributed by atoms with van der Waals surface area (Å²) in [7, 11) is 0. The van der Waals surface area contributed by atoms with Crippen LogP contribution in [0.2, 0.25) is 0 Å². The fourth-order valence-corrected chi connectivity index (χ4v) is 2.23. The van der Waals surface area contributed by atoms with Crippen LogP contribution in [0.3, 0.4) is 0 Å². The third kappa shape index (κ3) is 2.72. The van der Waals surface area contributed by atoms with Crippen molar-refractivity contribution in [2.75, 3.05) is 39.3 Å². The number of hydrogen-bond donors (Lipinski definition) is 1. The van der Waals surface area contributed by atoms with Crippen molar-refractivity contribution in [3.63, 3.8) is 0 Å². The smallest absolute Gasteiger partial charge is 0.236 e. The molecule has 0 aromatic heterocycles. The Balaban J connectivity index is 1.81. The number of rotatable bonds is 3. The highest BCUT2D eigenvalue weighted by Gasteiger charge is 2.28. The van der Waals surface area contributed by atoms with E-state index in [4.69, 9.17) is 9.84 Å². The van der Waals surface area contributed by atoms with Crippen LogP contribution in [0.1, 0.15) is 13.3 Å². The third-order valence-electron chi connectivity index (χ3n) is 3.17. The van der Waals surface area contributed by atoms with E-state index in [2.05, 4.69) is 4.90 Å². The Kier molecular flexibility index (Phi) is 3.78. The Morgan fingerprint density at radius 2 is 2.19 bits per heavy atom. The molecule has 5 nitrogen and oxygen atoms in total. The Hall–Kier alpha value is -0.650. The van der Waals surface area contributed by atoms with E-state index in [9.17, 15) is 4.79 Å². The van der Waals surface area contributed by atoms with Gasteiger partial charge in [-0.05, 0) is 13.3 Å². The molecule has 92 valence electrons. The van der Waals surface area contributed by atoms with Crippen LogP contribution in [-0.4, -0.2) is 72.4 Å². The van der Waals surface area contributed by atoms with Gasteiger partial charge in [0.25, 0.3) is 0 Å². The zero-order chi connectivity index (χ0) is 11.5. The quantitative estimate of drug-likeness (QED) is 0.694. The Bertz CT molecular complexity index is 256. The van der Waals surface area contributed by atoms with Gasteiger partial charge in [0.05, 0.1) is 25.4 Å². The lowest BCUT2D eigenvalue weighted by Crippen LogP contribution is -2.53. The molecule has 16 heavy (non-hydrogen) atoms. The number of aliphatic hydroxyl groups is 1. The highest BCUT2D eigenvalue weighted by molar-refractivity contribution is 5.78. The highest BCUT2D eigenvalue weighted by atomic mass is 16.5. The van der Waals surface area contributed by atoms with E-state index in [1.54, 1.807) is 0 Å². The Labute approximate surface area is 96.0 Å². The molecular formula is C11H20N2O3. The summed E-state index contributed by atoms with van der Waals surface area (Å²) in [4.78, 5) is 15.7. The molecule has 2 saturated heterocycles. The van der Waals surface area contributed by atoms with Gasteiger partial charge in [-0.3, -0.25) is 9.69 Å². The van der Waals surface area contributed by atoms with Gasteiger partial charge in [0, 0.05) is 26.2 Å². The Morgan fingerprint density at radius 1 is 1.44 bits per heavy atom. The van der Waals surface area contributed by atoms with Gasteiger partial charge in [-0.1, -0.05) is 0 Å². The van der Waals surface area contributed by atoms with Crippen molar-refractivity contribution in [3.8, 4) is 0 Å². The molecule has 2 atom stereocenters. The molecule has 0 aromatic carbocycles. The van der Waals surface area contributed by atoms with Crippen LogP contribution >= 0.6 is 0 Å². The molecule has 2 heterocycles. The number of likely N-dealkylation sites (tertiary alicyclic amines) is 1. The van der Waals surface area contributed by atoms with Crippen LogP contribution in [0.4, 0.5) is 0 Å². The molecule has 2 rings (SSSR count). The van der Waals surface area contributed by atoms with Gasteiger partial charge in [-0.2, -0.15) is 0 Å². The normalized spacial score (nSPS) is 31.2. The van der Waals surface area contributed by atoms with Gasteiger partial charge in [-0.25, -0.2) is 0 Å². The molecule has 1 amide bonds. The van der Waals surface area contributed by atoms with E-state index >= 15 is 0 Å².